The maximum atomic E-state index is 2.51. The van der Waals surface area contributed by atoms with Crippen LogP contribution in [0.4, 0.5) is 0 Å². The maximum Gasteiger partial charge on any atom is 1.00 e. The van der Waals surface area contributed by atoms with Crippen molar-refractivity contribution in [2.75, 3.05) is 0 Å². The Morgan fingerprint density at radius 3 is 1.41 bits per heavy atom. The first kappa shape index (κ1) is 20.1. The van der Waals surface area contributed by atoms with Gasteiger partial charge in [0.05, 0.1) is 0 Å². The van der Waals surface area contributed by atoms with Crippen LogP contribution in [-0.2, 0) is 0 Å². The van der Waals surface area contributed by atoms with Gasteiger partial charge in [0.1, 0.15) is 0 Å². The van der Waals surface area contributed by atoms with Crippen molar-refractivity contribution in [3.05, 3.63) is 6.42 Å². The topological polar surface area (TPSA) is 0 Å². The van der Waals surface area contributed by atoms with Crippen molar-refractivity contribution in [2.24, 2.45) is 29.6 Å². The average molecular weight is 375 g/mol. The Kier molecular flexibility index (Phi) is 9.80. The second kappa shape index (κ2) is 10.7. The van der Waals surface area contributed by atoms with E-state index in [4.69, 9.17) is 0 Å². The largest absolute Gasteiger partial charge is 1.00 e. The van der Waals surface area contributed by atoms with Crippen LogP contribution in [0, 0.1) is 36.0 Å². The molecule has 122 valence electrons. The van der Waals surface area contributed by atoms with Crippen molar-refractivity contribution in [2.45, 2.75) is 96.8 Å². The summed E-state index contributed by atoms with van der Waals surface area (Å²) in [5.41, 5.74) is 0. The van der Waals surface area contributed by atoms with E-state index in [1.165, 1.54) is 38.5 Å². The first-order valence-corrected chi connectivity index (χ1v) is 10.1. The van der Waals surface area contributed by atoms with Crippen molar-refractivity contribution in [1.82, 2.24) is 0 Å². The summed E-state index contributed by atoms with van der Waals surface area (Å²) in [6, 6.07) is 0. The Bertz CT molecular complexity index is 278. The summed E-state index contributed by atoms with van der Waals surface area (Å²) in [4.78, 5) is 0. The zero-order chi connectivity index (χ0) is 14.5. The van der Waals surface area contributed by atoms with Crippen LogP contribution in [0.15, 0.2) is 0 Å². The molecule has 0 amide bonds. The quantitative estimate of drug-likeness (QED) is 0.656. The Balaban J connectivity index is 0.00000176. The zero-order valence-corrected chi connectivity index (χ0v) is 20.3. The molecule has 0 bridgehead atoms. The molecular weight excluding hydrogens is 338 g/mol. The van der Waals surface area contributed by atoms with E-state index in [0.717, 1.165) is 29.6 Å². The van der Waals surface area contributed by atoms with Crippen LogP contribution in [-0.4, -0.2) is 0 Å². The molecule has 1 heteroatoms. The minimum Gasteiger partial charge on any atom is -0.328 e. The van der Waals surface area contributed by atoms with Crippen molar-refractivity contribution in [1.29, 1.82) is 0 Å². The van der Waals surface area contributed by atoms with E-state index in [2.05, 4.69) is 13.3 Å². The van der Waals surface area contributed by atoms with Crippen molar-refractivity contribution < 1.29 is 58.2 Å². The van der Waals surface area contributed by atoms with E-state index in [1.807, 2.05) is 0 Å². The van der Waals surface area contributed by atoms with E-state index in [0.29, 0.717) is 0 Å². The molecule has 0 aliphatic heterocycles. The van der Waals surface area contributed by atoms with Gasteiger partial charge < -0.3 is 6.42 Å². The fraction of sp³-hybridized carbons (Fsp3) is 0.952. The molecule has 0 nitrogen and oxygen atoms in total. The molecule has 0 aromatic rings. The molecule has 3 fully saturated rings. The van der Waals surface area contributed by atoms with Gasteiger partial charge in [-0.2, -0.15) is 12.8 Å². The third-order valence-electron chi connectivity index (χ3n) is 6.99. The normalized spacial score (nSPS) is 37.5. The minimum absolute atomic E-state index is 0. The second-order valence-corrected chi connectivity index (χ2v) is 8.79. The molecule has 0 heterocycles. The average Bonchev–Trinajstić information content (AvgIpc) is 2.53. The van der Waals surface area contributed by atoms with Gasteiger partial charge in [0.2, 0.25) is 0 Å². The van der Waals surface area contributed by atoms with Crippen molar-refractivity contribution >= 4 is 0 Å². The number of hydrogen-bond acceptors (Lipinski definition) is 0. The van der Waals surface area contributed by atoms with E-state index in [9.17, 15) is 0 Å². The van der Waals surface area contributed by atoms with Gasteiger partial charge in [-0.05, 0) is 42.4 Å². The van der Waals surface area contributed by atoms with E-state index in [-0.39, 0.29) is 58.2 Å². The van der Waals surface area contributed by atoms with Crippen LogP contribution in [0.2, 0.25) is 0 Å². The van der Waals surface area contributed by atoms with Gasteiger partial charge in [0.15, 0.2) is 0 Å². The standard InChI is InChI=1S/C21H37.Rb/c1-17-7-9-19(10-8-17)16-21-13-11-20(12-14-21)15-18-5-3-2-4-6-18;/h2,17-21H,3-16H2,1H3;/q-1;+1. The van der Waals surface area contributed by atoms with Crippen LogP contribution in [0.25, 0.3) is 0 Å². The molecule has 0 aromatic carbocycles. The van der Waals surface area contributed by atoms with E-state index in [1.54, 1.807) is 51.4 Å². The number of rotatable bonds is 4. The van der Waals surface area contributed by atoms with Gasteiger partial charge in [-0.15, -0.1) is 0 Å². The molecule has 0 aromatic heterocycles. The Hall–Kier alpha value is 1.81. The summed E-state index contributed by atoms with van der Waals surface area (Å²) in [6.45, 7) is 2.45. The minimum atomic E-state index is 0. The van der Waals surface area contributed by atoms with Crippen molar-refractivity contribution in [3.63, 3.8) is 0 Å². The van der Waals surface area contributed by atoms with Crippen LogP contribution < -0.4 is 58.2 Å². The van der Waals surface area contributed by atoms with E-state index >= 15 is 0 Å². The first-order chi connectivity index (χ1) is 10.3. The fourth-order valence-electron chi connectivity index (χ4n) is 5.44. The fourth-order valence-corrected chi connectivity index (χ4v) is 5.44. The van der Waals surface area contributed by atoms with Crippen LogP contribution in [0.3, 0.4) is 0 Å². The zero-order valence-electron chi connectivity index (χ0n) is 15.4. The molecule has 0 saturated heterocycles. The smallest absolute Gasteiger partial charge is 0.328 e. The van der Waals surface area contributed by atoms with Crippen LogP contribution >= 0.6 is 0 Å². The third kappa shape index (κ3) is 6.60. The van der Waals surface area contributed by atoms with Gasteiger partial charge in [0, 0.05) is 0 Å². The second-order valence-electron chi connectivity index (χ2n) is 8.79. The van der Waals surface area contributed by atoms with Gasteiger partial charge in [-0.3, -0.25) is 0 Å². The Morgan fingerprint density at radius 1 is 0.591 bits per heavy atom. The number of hydrogen-bond donors (Lipinski definition) is 0. The van der Waals surface area contributed by atoms with Crippen molar-refractivity contribution in [3.8, 4) is 0 Å². The van der Waals surface area contributed by atoms with Crippen LogP contribution in [0.1, 0.15) is 96.8 Å². The molecule has 22 heavy (non-hydrogen) atoms. The van der Waals surface area contributed by atoms with E-state index < -0.39 is 0 Å². The summed E-state index contributed by atoms with van der Waals surface area (Å²) in [5.74, 6) is 5.38. The molecule has 0 spiro atoms. The SMILES string of the molecule is CC1CCC(CC2CCC(CC3CC[CH-]CC3)CC2)CC1.[Rb+]. The molecule has 3 aliphatic carbocycles. The Morgan fingerprint density at radius 2 is 0.955 bits per heavy atom. The van der Waals surface area contributed by atoms with Gasteiger partial charge >= 0.3 is 58.2 Å². The monoisotopic (exact) mass is 374 g/mol. The molecule has 3 rings (SSSR count). The molecule has 0 unspecified atom stereocenters. The maximum absolute atomic E-state index is 2.51. The molecule has 0 radical (unpaired) electrons. The molecule has 0 N–H and O–H groups in total. The van der Waals surface area contributed by atoms with Gasteiger partial charge in [0.25, 0.3) is 0 Å². The molecular formula is C21H37Rb. The van der Waals surface area contributed by atoms with Crippen LogP contribution in [0.5, 0.6) is 0 Å². The third-order valence-corrected chi connectivity index (χ3v) is 6.99. The molecule has 3 saturated carbocycles. The predicted molar refractivity (Wildman–Crippen MR) is 92.1 cm³/mol. The summed E-state index contributed by atoms with van der Waals surface area (Å²) in [5, 5.41) is 0. The summed E-state index contributed by atoms with van der Waals surface area (Å²) in [7, 11) is 0. The van der Waals surface area contributed by atoms with Gasteiger partial charge in [-0.25, -0.2) is 0 Å². The first-order valence-electron chi connectivity index (χ1n) is 10.1. The summed E-state index contributed by atoms with van der Waals surface area (Å²) >= 11 is 0. The summed E-state index contributed by atoms with van der Waals surface area (Å²) < 4.78 is 0. The van der Waals surface area contributed by atoms with Gasteiger partial charge in [-0.1, -0.05) is 71.1 Å². The molecule has 3 aliphatic rings. The summed E-state index contributed by atoms with van der Waals surface area (Å²) in [6.07, 6.45) is 23.8. The predicted octanol–water partition coefficient (Wildman–Crippen LogP) is 3.80. The molecule has 0 atom stereocenters. The Labute approximate surface area is 188 Å².